The molecule has 0 fully saturated rings. The third kappa shape index (κ3) is 7.30. The van der Waals surface area contributed by atoms with Gasteiger partial charge in [0.1, 0.15) is 6.29 Å². The van der Waals surface area contributed by atoms with Crippen molar-refractivity contribution < 1.29 is 28.8 Å². The van der Waals surface area contributed by atoms with Gasteiger partial charge in [-0.1, -0.05) is 24.3 Å². The molecule has 140 valence electrons. The van der Waals surface area contributed by atoms with E-state index in [0.717, 1.165) is 12.5 Å². The molecule has 2 aromatic rings. The monoisotopic (exact) mass is 371 g/mol. The third-order valence-electron chi connectivity index (χ3n) is 3.19. The molecule has 2 rings (SSSR count). The van der Waals surface area contributed by atoms with Crippen LogP contribution in [0.1, 0.15) is 36.6 Å². The molecule has 8 heteroatoms. The van der Waals surface area contributed by atoms with Crippen LogP contribution in [-0.2, 0) is 9.47 Å². The number of hydrogen-bond donors (Lipinski definition) is 0. The van der Waals surface area contributed by atoms with Gasteiger partial charge in [0, 0.05) is 11.6 Å². The molecular weight excluding hydrogens is 354 g/mol. The van der Waals surface area contributed by atoms with Crippen molar-refractivity contribution in [2.24, 2.45) is 0 Å². The smallest absolute Gasteiger partial charge is 0.337 e. The molecule has 8 nitrogen and oxygen atoms in total. The standard InChI is InChI=1S/C10H9NO4.C9H8O3/c1-15-10(12)9-4-2-8(3-5-9)6-7-11(13)14;1-12-9(11)8-4-2-7(6-10)3-5-8/h2-7H,1H3;2-6H,1H3. The molecule has 0 aromatic heterocycles. The van der Waals surface area contributed by atoms with Gasteiger partial charge in [-0.25, -0.2) is 9.59 Å². The second kappa shape index (κ2) is 10.9. The topological polar surface area (TPSA) is 113 Å². The minimum absolute atomic E-state index is 0.396. The lowest BCUT2D eigenvalue weighted by atomic mass is 10.1. The maximum Gasteiger partial charge on any atom is 0.337 e. The van der Waals surface area contributed by atoms with E-state index in [4.69, 9.17) is 0 Å². The van der Waals surface area contributed by atoms with E-state index in [9.17, 15) is 24.5 Å². The van der Waals surface area contributed by atoms with Crippen LogP contribution >= 0.6 is 0 Å². The predicted molar refractivity (Wildman–Crippen MR) is 97.0 cm³/mol. The van der Waals surface area contributed by atoms with E-state index in [0.29, 0.717) is 22.3 Å². The number of ether oxygens (including phenoxy) is 2. The van der Waals surface area contributed by atoms with Crippen molar-refractivity contribution in [3.8, 4) is 0 Å². The number of rotatable bonds is 5. The molecular formula is C19H17NO7. The lowest BCUT2D eigenvalue weighted by Gasteiger charge is -1.98. The summed E-state index contributed by atoms with van der Waals surface area (Å²) in [5, 5.41) is 10.0. The normalized spacial score (nSPS) is 9.70. The van der Waals surface area contributed by atoms with E-state index in [1.807, 2.05) is 0 Å². The molecule has 0 aliphatic rings. The molecule has 0 saturated heterocycles. The molecule has 0 spiro atoms. The fourth-order valence-corrected chi connectivity index (χ4v) is 1.81. The number of esters is 2. The fraction of sp³-hybridized carbons (Fsp3) is 0.105. The van der Waals surface area contributed by atoms with Gasteiger partial charge in [-0.3, -0.25) is 14.9 Å². The van der Waals surface area contributed by atoms with Gasteiger partial charge in [-0.2, -0.15) is 0 Å². The zero-order chi connectivity index (χ0) is 20.2. The summed E-state index contributed by atoms with van der Waals surface area (Å²) in [6.07, 6.45) is 2.91. The third-order valence-corrected chi connectivity index (χ3v) is 3.19. The summed E-state index contributed by atoms with van der Waals surface area (Å²) >= 11 is 0. The fourth-order valence-electron chi connectivity index (χ4n) is 1.81. The first-order valence-electron chi connectivity index (χ1n) is 7.55. The number of hydrogen-bond acceptors (Lipinski definition) is 7. The van der Waals surface area contributed by atoms with Gasteiger partial charge in [0.05, 0.1) is 30.3 Å². The Morgan fingerprint density at radius 3 is 1.59 bits per heavy atom. The Kier molecular flexibility index (Phi) is 8.60. The molecule has 0 N–H and O–H groups in total. The number of carbonyl (C=O) groups is 3. The van der Waals surface area contributed by atoms with Crippen LogP contribution in [0.25, 0.3) is 6.08 Å². The molecule has 27 heavy (non-hydrogen) atoms. The van der Waals surface area contributed by atoms with Crippen molar-refractivity contribution in [2.75, 3.05) is 14.2 Å². The highest BCUT2D eigenvalue weighted by Crippen LogP contribution is 2.07. The maximum atomic E-state index is 11.0. The van der Waals surface area contributed by atoms with Crippen molar-refractivity contribution in [3.63, 3.8) is 0 Å². The number of nitrogens with zero attached hydrogens (tertiary/aromatic N) is 1. The second-order valence-corrected chi connectivity index (χ2v) is 4.95. The summed E-state index contributed by atoms with van der Waals surface area (Å²) < 4.78 is 8.99. The van der Waals surface area contributed by atoms with Crippen LogP contribution in [0.3, 0.4) is 0 Å². The Balaban J connectivity index is 0.000000277. The Hall–Kier alpha value is -3.81. The number of nitro groups is 1. The molecule has 0 saturated carbocycles. The van der Waals surface area contributed by atoms with E-state index in [1.54, 1.807) is 48.5 Å². The van der Waals surface area contributed by atoms with Gasteiger partial charge in [-0.05, 0) is 29.8 Å². The van der Waals surface area contributed by atoms with Crippen LogP contribution in [0.4, 0.5) is 0 Å². The summed E-state index contributed by atoms with van der Waals surface area (Å²) in [5.41, 5.74) is 2.06. The van der Waals surface area contributed by atoms with Gasteiger partial charge in [0.15, 0.2) is 0 Å². The quantitative estimate of drug-likeness (QED) is 0.343. The van der Waals surface area contributed by atoms with Gasteiger partial charge < -0.3 is 9.47 Å². The highest BCUT2D eigenvalue weighted by molar-refractivity contribution is 5.90. The SMILES string of the molecule is COC(=O)c1ccc(C=C[N+](=O)[O-])cc1.COC(=O)c1ccc(C=O)cc1. The number of carbonyl (C=O) groups excluding carboxylic acids is 3. The van der Waals surface area contributed by atoms with Crippen molar-refractivity contribution in [3.05, 3.63) is 87.1 Å². The van der Waals surface area contributed by atoms with E-state index in [1.165, 1.54) is 20.3 Å². The van der Waals surface area contributed by atoms with Crippen molar-refractivity contribution in [2.45, 2.75) is 0 Å². The van der Waals surface area contributed by atoms with Crippen molar-refractivity contribution >= 4 is 24.3 Å². The molecule has 2 aromatic carbocycles. The first-order chi connectivity index (χ1) is 12.9. The molecule has 0 amide bonds. The molecule has 0 aliphatic heterocycles. The van der Waals surface area contributed by atoms with Crippen LogP contribution in [-0.4, -0.2) is 37.4 Å². The Bertz CT molecular complexity index is 824. The highest BCUT2D eigenvalue weighted by Gasteiger charge is 2.04. The number of benzene rings is 2. The minimum atomic E-state index is -0.547. The second-order valence-electron chi connectivity index (χ2n) is 4.95. The van der Waals surface area contributed by atoms with Gasteiger partial charge >= 0.3 is 11.9 Å². The Labute approximate surface area is 155 Å². The molecule has 0 atom stereocenters. The first kappa shape index (κ1) is 21.2. The summed E-state index contributed by atoms with van der Waals surface area (Å²) in [4.78, 5) is 41.7. The Morgan fingerprint density at radius 1 is 0.852 bits per heavy atom. The highest BCUT2D eigenvalue weighted by atomic mass is 16.6. The van der Waals surface area contributed by atoms with E-state index < -0.39 is 16.9 Å². The average molecular weight is 371 g/mol. The molecule has 0 heterocycles. The largest absolute Gasteiger partial charge is 0.465 e. The van der Waals surface area contributed by atoms with Gasteiger partial charge in [-0.15, -0.1) is 0 Å². The van der Waals surface area contributed by atoms with Crippen LogP contribution < -0.4 is 0 Å². The van der Waals surface area contributed by atoms with Crippen LogP contribution in [0.15, 0.2) is 54.7 Å². The number of aldehydes is 1. The molecule has 0 unspecified atom stereocenters. The summed E-state index contributed by atoms with van der Waals surface area (Å²) in [5.74, 6) is -0.827. The van der Waals surface area contributed by atoms with E-state index in [-0.39, 0.29) is 0 Å². The summed E-state index contributed by atoms with van der Waals surface area (Å²) in [7, 11) is 2.61. The maximum absolute atomic E-state index is 11.0. The molecule has 0 bridgehead atoms. The lowest BCUT2D eigenvalue weighted by molar-refractivity contribution is -0.400. The molecule has 0 radical (unpaired) electrons. The van der Waals surface area contributed by atoms with Gasteiger partial charge in [0.2, 0.25) is 6.20 Å². The minimum Gasteiger partial charge on any atom is -0.465 e. The van der Waals surface area contributed by atoms with E-state index in [2.05, 4.69) is 9.47 Å². The first-order valence-corrected chi connectivity index (χ1v) is 7.55. The average Bonchev–Trinajstić information content (AvgIpc) is 2.72. The Morgan fingerprint density at radius 2 is 1.26 bits per heavy atom. The van der Waals surface area contributed by atoms with E-state index >= 15 is 0 Å². The summed E-state index contributed by atoms with van der Waals surface area (Å²) in [6.45, 7) is 0. The predicted octanol–water partition coefficient (Wildman–Crippen LogP) is 3.01. The van der Waals surface area contributed by atoms with Crippen molar-refractivity contribution in [1.82, 2.24) is 0 Å². The lowest BCUT2D eigenvalue weighted by Crippen LogP contribution is -2.00. The van der Waals surface area contributed by atoms with Crippen molar-refractivity contribution in [1.29, 1.82) is 0 Å². The zero-order valence-corrected chi connectivity index (χ0v) is 14.7. The summed E-state index contributed by atoms with van der Waals surface area (Å²) in [6, 6.07) is 12.5. The zero-order valence-electron chi connectivity index (χ0n) is 14.7. The molecule has 0 aliphatic carbocycles. The van der Waals surface area contributed by atoms with Gasteiger partial charge in [0.25, 0.3) is 0 Å². The van der Waals surface area contributed by atoms with Crippen LogP contribution in [0, 0.1) is 10.1 Å². The number of methoxy groups -OCH3 is 2. The van der Waals surface area contributed by atoms with Crippen LogP contribution in [0.2, 0.25) is 0 Å². The van der Waals surface area contributed by atoms with Crippen LogP contribution in [0.5, 0.6) is 0 Å².